The third-order valence-electron chi connectivity index (χ3n) is 3.87. The van der Waals surface area contributed by atoms with E-state index in [1.165, 1.54) is 5.56 Å². The zero-order chi connectivity index (χ0) is 18.2. The number of ether oxygens (including phenoxy) is 2. The molecular formula is C20H32O4. The van der Waals surface area contributed by atoms with E-state index < -0.39 is 0 Å². The van der Waals surface area contributed by atoms with Gasteiger partial charge in [-0.15, -0.1) is 0 Å². The first-order chi connectivity index (χ1) is 11.2. The fraction of sp³-hybridized carbons (Fsp3) is 0.650. The second-order valence-corrected chi connectivity index (χ2v) is 7.36. The minimum Gasteiger partial charge on any atom is -0.488 e. The summed E-state index contributed by atoms with van der Waals surface area (Å²) < 4.78 is 10.8. The zero-order valence-corrected chi connectivity index (χ0v) is 15.7. The number of rotatable bonds is 9. The number of carbonyl (C=O) groups is 1. The van der Waals surface area contributed by atoms with Crippen molar-refractivity contribution in [2.75, 3.05) is 13.2 Å². The summed E-state index contributed by atoms with van der Waals surface area (Å²) in [6, 6.07) is 8.20. The van der Waals surface area contributed by atoms with Gasteiger partial charge in [0.1, 0.15) is 18.0 Å². The molecule has 1 aromatic rings. The molecule has 0 amide bonds. The quantitative estimate of drug-likeness (QED) is 0.693. The molecule has 2 unspecified atom stereocenters. The van der Waals surface area contributed by atoms with Crippen LogP contribution in [0.25, 0.3) is 0 Å². The normalized spacial score (nSPS) is 14.1. The summed E-state index contributed by atoms with van der Waals surface area (Å²) >= 11 is 0. The van der Waals surface area contributed by atoms with Crippen LogP contribution in [0.2, 0.25) is 0 Å². The van der Waals surface area contributed by atoms with E-state index in [0.29, 0.717) is 5.92 Å². The first-order valence-corrected chi connectivity index (χ1v) is 8.80. The van der Waals surface area contributed by atoms with Gasteiger partial charge in [-0.3, -0.25) is 4.79 Å². The van der Waals surface area contributed by atoms with Crippen molar-refractivity contribution >= 4 is 5.97 Å². The molecule has 0 aromatic heterocycles. The molecule has 1 rings (SSSR count). The average Bonchev–Trinajstić information content (AvgIpc) is 2.52. The van der Waals surface area contributed by atoms with E-state index in [9.17, 15) is 4.79 Å². The highest BCUT2D eigenvalue weighted by Gasteiger charge is 2.19. The van der Waals surface area contributed by atoms with Crippen LogP contribution in [0.1, 0.15) is 53.0 Å². The molecule has 0 heterocycles. The van der Waals surface area contributed by atoms with Crippen LogP contribution < -0.4 is 4.74 Å². The molecule has 136 valence electrons. The molecule has 0 aliphatic rings. The van der Waals surface area contributed by atoms with Gasteiger partial charge >= 0.3 is 5.97 Å². The number of hydrogen-bond donors (Lipinski definition) is 1. The number of hydrogen-bond acceptors (Lipinski definition) is 4. The highest BCUT2D eigenvalue weighted by Crippen LogP contribution is 2.24. The minimum absolute atomic E-state index is 0.0786. The molecule has 2 atom stereocenters. The third-order valence-corrected chi connectivity index (χ3v) is 3.87. The fourth-order valence-corrected chi connectivity index (χ4v) is 2.66. The molecule has 0 spiro atoms. The predicted molar refractivity (Wildman–Crippen MR) is 96.1 cm³/mol. The first kappa shape index (κ1) is 20.5. The summed E-state index contributed by atoms with van der Waals surface area (Å²) in [7, 11) is 0. The van der Waals surface area contributed by atoms with Crippen molar-refractivity contribution in [1.29, 1.82) is 0 Å². The fourth-order valence-electron chi connectivity index (χ4n) is 2.66. The van der Waals surface area contributed by atoms with Gasteiger partial charge in [0.25, 0.3) is 0 Å². The highest BCUT2D eigenvalue weighted by molar-refractivity contribution is 5.71. The molecule has 0 aliphatic heterocycles. The number of aliphatic hydroxyl groups excluding tert-OH is 1. The van der Waals surface area contributed by atoms with E-state index in [4.69, 9.17) is 14.6 Å². The van der Waals surface area contributed by atoms with E-state index in [2.05, 4.69) is 19.1 Å². The Bertz CT molecular complexity index is 487. The molecule has 1 aromatic carbocycles. The average molecular weight is 336 g/mol. The topological polar surface area (TPSA) is 55.8 Å². The Morgan fingerprint density at radius 2 is 1.83 bits per heavy atom. The van der Waals surface area contributed by atoms with Gasteiger partial charge in [0.2, 0.25) is 0 Å². The number of carbonyl (C=O) groups excluding carboxylic acids is 1. The second-order valence-electron chi connectivity index (χ2n) is 7.36. The number of benzene rings is 1. The second kappa shape index (κ2) is 9.67. The lowest BCUT2D eigenvalue weighted by Gasteiger charge is -2.22. The Labute approximate surface area is 146 Å². The van der Waals surface area contributed by atoms with E-state index in [0.717, 1.165) is 25.0 Å². The predicted octanol–water partition coefficient (Wildman–Crippen LogP) is 3.99. The van der Waals surface area contributed by atoms with Gasteiger partial charge in [0.05, 0.1) is 12.5 Å². The van der Waals surface area contributed by atoms with Crippen molar-refractivity contribution in [2.45, 2.75) is 59.5 Å². The Kier molecular flexibility index (Phi) is 8.26. The molecule has 4 heteroatoms. The molecule has 0 fully saturated rings. The summed E-state index contributed by atoms with van der Waals surface area (Å²) in [5.74, 6) is 0.928. The lowest BCUT2D eigenvalue weighted by molar-refractivity contribution is -0.149. The molecule has 1 N–H and O–H groups in total. The Morgan fingerprint density at radius 1 is 1.21 bits per heavy atom. The highest BCUT2D eigenvalue weighted by atomic mass is 16.5. The van der Waals surface area contributed by atoms with Gasteiger partial charge in [0.15, 0.2) is 0 Å². The van der Waals surface area contributed by atoms with Gasteiger partial charge in [-0.1, -0.05) is 32.4 Å². The van der Waals surface area contributed by atoms with Crippen LogP contribution in [-0.2, 0) is 16.0 Å². The summed E-state index contributed by atoms with van der Waals surface area (Å²) in [4.78, 5) is 11.8. The summed E-state index contributed by atoms with van der Waals surface area (Å²) in [6.07, 6.45) is 2.74. The van der Waals surface area contributed by atoms with Gasteiger partial charge in [-0.25, -0.2) is 0 Å². The Balaban J connectivity index is 2.57. The van der Waals surface area contributed by atoms with Crippen LogP contribution in [0.4, 0.5) is 0 Å². The molecule has 0 saturated heterocycles. The van der Waals surface area contributed by atoms with Gasteiger partial charge in [0, 0.05) is 0 Å². The molecule has 4 nitrogen and oxygen atoms in total. The number of aliphatic hydroxyl groups is 1. The lowest BCUT2D eigenvalue weighted by atomic mass is 9.88. The van der Waals surface area contributed by atoms with E-state index in [1.807, 2.05) is 39.8 Å². The Morgan fingerprint density at radius 3 is 2.33 bits per heavy atom. The van der Waals surface area contributed by atoms with Crippen molar-refractivity contribution in [1.82, 2.24) is 0 Å². The van der Waals surface area contributed by atoms with Gasteiger partial charge < -0.3 is 14.6 Å². The monoisotopic (exact) mass is 336 g/mol. The molecule has 0 saturated carbocycles. The summed E-state index contributed by atoms with van der Waals surface area (Å²) in [5.41, 5.74) is 1.05. The maximum absolute atomic E-state index is 11.8. The van der Waals surface area contributed by atoms with Crippen LogP contribution in [0.15, 0.2) is 24.3 Å². The minimum atomic E-state index is -0.226. The third kappa shape index (κ3) is 7.82. The summed E-state index contributed by atoms with van der Waals surface area (Å²) in [5, 5.41) is 8.73. The first-order valence-electron chi connectivity index (χ1n) is 8.80. The van der Waals surface area contributed by atoms with Crippen LogP contribution in [-0.4, -0.2) is 29.9 Å². The number of esters is 1. The van der Waals surface area contributed by atoms with E-state index >= 15 is 0 Å². The van der Waals surface area contributed by atoms with Crippen molar-refractivity contribution in [3.05, 3.63) is 29.8 Å². The Hall–Kier alpha value is -1.55. The lowest BCUT2D eigenvalue weighted by Crippen LogP contribution is -2.22. The SMILES string of the molecule is CCC(Cc1ccc(OC(C)(C)C)cc1)CC(C)C(=O)OCCO. The van der Waals surface area contributed by atoms with Crippen molar-refractivity contribution in [3.8, 4) is 5.75 Å². The van der Waals surface area contributed by atoms with Gasteiger partial charge in [-0.2, -0.15) is 0 Å². The van der Waals surface area contributed by atoms with E-state index in [1.54, 1.807) is 0 Å². The van der Waals surface area contributed by atoms with Crippen molar-refractivity contribution in [2.24, 2.45) is 11.8 Å². The van der Waals surface area contributed by atoms with E-state index in [-0.39, 0.29) is 30.7 Å². The van der Waals surface area contributed by atoms with Crippen molar-refractivity contribution in [3.63, 3.8) is 0 Å². The van der Waals surface area contributed by atoms with Crippen molar-refractivity contribution < 1.29 is 19.4 Å². The zero-order valence-electron chi connectivity index (χ0n) is 15.7. The molecule has 0 aliphatic carbocycles. The molecular weight excluding hydrogens is 304 g/mol. The van der Waals surface area contributed by atoms with Crippen LogP contribution in [0.3, 0.4) is 0 Å². The maximum Gasteiger partial charge on any atom is 0.308 e. The molecule has 0 radical (unpaired) electrons. The maximum atomic E-state index is 11.8. The largest absolute Gasteiger partial charge is 0.488 e. The van der Waals surface area contributed by atoms with Crippen LogP contribution in [0, 0.1) is 11.8 Å². The smallest absolute Gasteiger partial charge is 0.308 e. The molecule has 0 bridgehead atoms. The van der Waals surface area contributed by atoms with Crippen LogP contribution in [0.5, 0.6) is 5.75 Å². The molecule has 24 heavy (non-hydrogen) atoms. The van der Waals surface area contributed by atoms with Gasteiger partial charge in [-0.05, 0) is 57.2 Å². The summed E-state index contributed by atoms with van der Waals surface area (Å²) in [6.45, 7) is 10.1. The standard InChI is InChI=1S/C20H32O4/c1-6-16(13-15(2)19(22)23-12-11-21)14-17-7-9-18(10-8-17)24-20(3,4)5/h7-10,15-16,21H,6,11-14H2,1-5H3. The van der Waals surface area contributed by atoms with Crippen LogP contribution >= 0.6 is 0 Å².